The summed E-state index contributed by atoms with van der Waals surface area (Å²) in [5.74, 6) is 0.775. The second-order valence-corrected chi connectivity index (χ2v) is 12.0. The molecule has 2 atom stereocenters. The molecule has 4 aromatic carbocycles. The van der Waals surface area contributed by atoms with E-state index in [4.69, 9.17) is 19.6 Å². The number of rotatable bonds is 13. The molecule has 222 valence electrons. The van der Waals surface area contributed by atoms with Crippen LogP contribution >= 0.6 is 31.9 Å². The molecule has 7 nitrogen and oxygen atoms in total. The maximum Gasteiger partial charge on any atom is 0.266 e. The first-order valence-electron chi connectivity index (χ1n) is 14.2. The number of nitrogens with zero attached hydrogens (tertiary/aromatic N) is 1. The average molecular weight is 707 g/mol. The standard InChI is InChI=1S/C34H33Br2N3O4/c35-27-15-11-24(12-16-27)19-20-37-39-33(41)34(23-25-7-2-1-3-8-25)31(29-9-4-5-10-30(29)36)43-32(38-34)26-13-17-28(18-14-26)42-22-6-21-40/h1-5,7-18,31,37,40H,6,19-23H2,(H,39,41)/t31-,34-/m0/s1. The van der Waals surface area contributed by atoms with E-state index in [1.807, 2.05) is 91.0 Å². The summed E-state index contributed by atoms with van der Waals surface area (Å²) in [6.45, 7) is 1.04. The Balaban J connectivity index is 1.46. The Labute approximate surface area is 268 Å². The smallest absolute Gasteiger partial charge is 0.266 e. The van der Waals surface area contributed by atoms with Gasteiger partial charge in [-0.1, -0.05) is 92.5 Å². The topological polar surface area (TPSA) is 92.2 Å². The van der Waals surface area contributed by atoms with Crippen LogP contribution in [0.5, 0.6) is 5.75 Å². The molecule has 0 saturated heterocycles. The average Bonchev–Trinajstić information content (AvgIpc) is 3.41. The maximum absolute atomic E-state index is 14.3. The number of nitrogens with one attached hydrogen (secondary N) is 2. The summed E-state index contributed by atoms with van der Waals surface area (Å²) >= 11 is 7.16. The van der Waals surface area contributed by atoms with Gasteiger partial charge in [-0.2, -0.15) is 0 Å². The summed E-state index contributed by atoms with van der Waals surface area (Å²) in [5, 5.41) is 9.04. The van der Waals surface area contributed by atoms with Crippen LogP contribution in [0.2, 0.25) is 0 Å². The lowest BCUT2D eigenvalue weighted by Crippen LogP contribution is -2.54. The van der Waals surface area contributed by atoms with Crippen molar-refractivity contribution in [3.05, 3.63) is 134 Å². The number of hydrogen-bond donors (Lipinski definition) is 3. The predicted molar refractivity (Wildman–Crippen MR) is 175 cm³/mol. The van der Waals surface area contributed by atoms with Crippen LogP contribution in [0, 0.1) is 0 Å². The van der Waals surface area contributed by atoms with Crippen LogP contribution in [-0.4, -0.2) is 42.2 Å². The van der Waals surface area contributed by atoms with E-state index in [1.165, 1.54) is 0 Å². The zero-order valence-electron chi connectivity index (χ0n) is 23.5. The van der Waals surface area contributed by atoms with Crippen LogP contribution in [0.4, 0.5) is 0 Å². The van der Waals surface area contributed by atoms with Gasteiger partial charge < -0.3 is 14.6 Å². The van der Waals surface area contributed by atoms with Crippen LogP contribution in [0.3, 0.4) is 0 Å². The molecule has 0 saturated carbocycles. The minimum absolute atomic E-state index is 0.0732. The molecule has 1 aliphatic rings. The minimum atomic E-state index is -1.30. The molecule has 0 unspecified atom stereocenters. The van der Waals surface area contributed by atoms with Crippen molar-refractivity contribution in [2.45, 2.75) is 30.9 Å². The molecule has 0 fully saturated rings. The molecule has 43 heavy (non-hydrogen) atoms. The Kier molecular flexibility index (Phi) is 10.6. The van der Waals surface area contributed by atoms with Gasteiger partial charge in [0.2, 0.25) is 5.90 Å². The Bertz CT molecular complexity index is 1530. The molecular weight excluding hydrogens is 674 g/mol. The van der Waals surface area contributed by atoms with Gasteiger partial charge in [0.25, 0.3) is 5.91 Å². The van der Waals surface area contributed by atoms with Crippen molar-refractivity contribution in [1.82, 2.24) is 10.9 Å². The summed E-state index contributed by atoms with van der Waals surface area (Å²) in [6.07, 6.45) is 0.919. The fraction of sp³-hybridized carbons (Fsp3) is 0.235. The Hall–Kier alpha value is -3.50. The van der Waals surface area contributed by atoms with Gasteiger partial charge in [0.1, 0.15) is 5.75 Å². The first-order valence-corrected chi connectivity index (χ1v) is 15.7. The van der Waals surface area contributed by atoms with Gasteiger partial charge in [-0.25, -0.2) is 10.4 Å². The van der Waals surface area contributed by atoms with Crippen LogP contribution in [0.25, 0.3) is 0 Å². The number of aliphatic imine (C=N–C) groups is 1. The number of carbonyl (C=O) groups is 1. The predicted octanol–water partition coefficient (Wildman–Crippen LogP) is 6.34. The number of amides is 1. The van der Waals surface area contributed by atoms with E-state index in [2.05, 4.69) is 54.8 Å². The van der Waals surface area contributed by atoms with E-state index < -0.39 is 11.6 Å². The zero-order valence-corrected chi connectivity index (χ0v) is 26.7. The molecule has 4 aromatic rings. The van der Waals surface area contributed by atoms with E-state index >= 15 is 0 Å². The molecule has 0 spiro atoms. The van der Waals surface area contributed by atoms with E-state index in [1.54, 1.807) is 0 Å². The molecule has 0 radical (unpaired) electrons. The highest BCUT2D eigenvalue weighted by Gasteiger charge is 2.53. The van der Waals surface area contributed by atoms with Crippen LogP contribution < -0.4 is 15.6 Å². The van der Waals surface area contributed by atoms with E-state index in [9.17, 15) is 4.79 Å². The summed E-state index contributed by atoms with van der Waals surface area (Å²) in [5.41, 5.74) is 8.46. The van der Waals surface area contributed by atoms with Gasteiger partial charge in [0, 0.05) is 46.1 Å². The summed E-state index contributed by atoms with van der Waals surface area (Å²) < 4.78 is 14.2. The molecular formula is C34H33Br2N3O4. The Morgan fingerprint density at radius 1 is 0.907 bits per heavy atom. The van der Waals surface area contributed by atoms with Crippen molar-refractivity contribution in [1.29, 1.82) is 0 Å². The largest absolute Gasteiger partial charge is 0.494 e. The highest BCUT2D eigenvalue weighted by atomic mass is 79.9. The second-order valence-electron chi connectivity index (χ2n) is 10.2. The monoisotopic (exact) mass is 705 g/mol. The first-order chi connectivity index (χ1) is 21.0. The molecule has 9 heteroatoms. The van der Waals surface area contributed by atoms with E-state index in [0.717, 1.165) is 37.6 Å². The SMILES string of the molecule is O=C(NNCCc1ccc(Br)cc1)[C@@]1(Cc2ccccc2)N=C(c2ccc(OCCCO)cc2)O[C@H]1c1ccccc1Br. The number of ether oxygens (including phenoxy) is 2. The lowest BCUT2D eigenvalue weighted by molar-refractivity contribution is -0.130. The van der Waals surface area contributed by atoms with Crippen molar-refractivity contribution in [2.75, 3.05) is 19.8 Å². The molecule has 1 aliphatic heterocycles. The number of hydrazine groups is 1. The molecule has 1 amide bonds. The molecule has 0 aromatic heterocycles. The van der Waals surface area contributed by atoms with Gasteiger partial charge in [0.05, 0.1) is 6.61 Å². The van der Waals surface area contributed by atoms with Gasteiger partial charge in [-0.15, -0.1) is 0 Å². The Morgan fingerprint density at radius 2 is 1.63 bits per heavy atom. The lowest BCUT2D eigenvalue weighted by atomic mass is 9.82. The number of aliphatic hydroxyl groups excluding tert-OH is 1. The van der Waals surface area contributed by atoms with E-state index in [0.29, 0.717) is 37.6 Å². The number of hydrogen-bond acceptors (Lipinski definition) is 6. The number of benzene rings is 4. The quantitative estimate of drug-likeness (QED) is 0.112. The van der Waals surface area contributed by atoms with Crippen LogP contribution in [0.15, 0.2) is 117 Å². The fourth-order valence-electron chi connectivity index (χ4n) is 4.96. The van der Waals surface area contributed by atoms with Gasteiger partial charge in [0.15, 0.2) is 11.6 Å². The fourth-order valence-corrected chi connectivity index (χ4v) is 5.72. The van der Waals surface area contributed by atoms with Crippen molar-refractivity contribution in [3.8, 4) is 5.75 Å². The third-order valence-corrected chi connectivity index (χ3v) is 8.44. The third kappa shape index (κ3) is 7.72. The van der Waals surface area contributed by atoms with Crippen LogP contribution in [0.1, 0.15) is 34.8 Å². The molecule has 0 bridgehead atoms. The van der Waals surface area contributed by atoms with E-state index in [-0.39, 0.29) is 12.5 Å². The normalized spacial score (nSPS) is 17.7. The third-order valence-electron chi connectivity index (χ3n) is 7.19. The maximum atomic E-state index is 14.3. The van der Waals surface area contributed by atoms with Crippen molar-refractivity contribution < 1.29 is 19.4 Å². The number of carbonyl (C=O) groups excluding carboxylic acids is 1. The van der Waals surface area contributed by atoms with Crippen LogP contribution in [-0.2, 0) is 22.4 Å². The zero-order chi connectivity index (χ0) is 30.1. The van der Waals surface area contributed by atoms with Gasteiger partial charge in [-0.3, -0.25) is 10.2 Å². The summed E-state index contributed by atoms with van der Waals surface area (Å²) in [6, 6.07) is 33.2. The van der Waals surface area contributed by atoms with Crippen molar-refractivity contribution in [2.24, 2.45) is 4.99 Å². The van der Waals surface area contributed by atoms with Crippen molar-refractivity contribution >= 4 is 43.7 Å². The number of halogens is 2. The Morgan fingerprint density at radius 3 is 2.35 bits per heavy atom. The molecule has 1 heterocycles. The first kappa shape index (κ1) is 30.9. The lowest BCUT2D eigenvalue weighted by Gasteiger charge is -2.31. The number of aliphatic hydroxyl groups is 1. The van der Waals surface area contributed by atoms with Gasteiger partial charge in [-0.05, 0) is 60.0 Å². The molecule has 3 N–H and O–H groups in total. The minimum Gasteiger partial charge on any atom is -0.494 e. The van der Waals surface area contributed by atoms with Gasteiger partial charge >= 0.3 is 0 Å². The highest BCUT2D eigenvalue weighted by Crippen LogP contribution is 2.44. The molecule has 0 aliphatic carbocycles. The summed E-state index contributed by atoms with van der Waals surface area (Å²) in [7, 11) is 0. The second kappa shape index (κ2) is 14.8. The molecule has 5 rings (SSSR count). The highest BCUT2D eigenvalue weighted by molar-refractivity contribution is 9.10. The van der Waals surface area contributed by atoms with Crippen molar-refractivity contribution in [3.63, 3.8) is 0 Å². The summed E-state index contributed by atoms with van der Waals surface area (Å²) in [4.78, 5) is 19.4.